The van der Waals surface area contributed by atoms with Gasteiger partial charge in [-0.15, -0.1) is 0 Å². The van der Waals surface area contributed by atoms with Crippen molar-refractivity contribution in [1.82, 2.24) is 10.2 Å². The van der Waals surface area contributed by atoms with Gasteiger partial charge in [-0.3, -0.25) is 4.79 Å². The Morgan fingerprint density at radius 2 is 2.12 bits per heavy atom. The van der Waals surface area contributed by atoms with E-state index in [-0.39, 0.29) is 6.04 Å². The summed E-state index contributed by atoms with van der Waals surface area (Å²) in [7, 11) is 0. The van der Waals surface area contributed by atoms with E-state index in [2.05, 4.69) is 10.2 Å². The van der Waals surface area contributed by atoms with Gasteiger partial charge in [-0.25, -0.2) is 0 Å². The van der Waals surface area contributed by atoms with Gasteiger partial charge in [0.25, 0.3) is 0 Å². The van der Waals surface area contributed by atoms with Gasteiger partial charge in [0.15, 0.2) is 0 Å². The third-order valence-corrected chi connectivity index (χ3v) is 5.59. The highest BCUT2D eigenvalue weighted by atomic mass is 32.2. The van der Waals surface area contributed by atoms with E-state index in [1.807, 2.05) is 11.8 Å². The van der Waals surface area contributed by atoms with E-state index in [9.17, 15) is 4.79 Å². The zero-order valence-corrected chi connectivity index (χ0v) is 11.2. The fraction of sp³-hybridized carbons (Fsp3) is 0.923. The van der Waals surface area contributed by atoms with E-state index in [0.29, 0.717) is 11.8 Å². The maximum Gasteiger partial charge on any atom is 0.240 e. The molecular weight excluding hydrogens is 232 g/mol. The average Bonchev–Trinajstić information content (AvgIpc) is 2.82. The molecule has 0 radical (unpaired) electrons. The van der Waals surface area contributed by atoms with Crippen molar-refractivity contribution in [2.24, 2.45) is 11.8 Å². The maximum absolute atomic E-state index is 12.5. The molecule has 3 aliphatic rings. The van der Waals surface area contributed by atoms with Crippen LogP contribution in [0.25, 0.3) is 0 Å². The minimum Gasteiger partial charge on any atom is -0.340 e. The molecule has 3 rings (SSSR count). The summed E-state index contributed by atoms with van der Waals surface area (Å²) in [5, 5.41) is 3.48. The van der Waals surface area contributed by atoms with Crippen LogP contribution in [0.2, 0.25) is 0 Å². The summed E-state index contributed by atoms with van der Waals surface area (Å²) in [4.78, 5) is 14.7. The van der Waals surface area contributed by atoms with Gasteiger partial charge >= 0.3 is 0 Å². The number of amides is 1. The van der Waals surface area contributed by atoms with Gasteiger partial charge in [0, 0.05) is 18.8 Å². The van der Waals surface area contributed by atoms with Crippen LogP contribution >= 0.6 is 11.8 Å². The minimum absolute atomic E-state index is 0.144. The largest absolute Gasteiger partial charge is 0.340 e. The summed E-state index contributed by atoms with van der Waals surface area (Å²) in [6.45, 7) is 3.00. The number of hydrogen-bond acceptors (Lipinski definition) is 3. The number of rotatable bonds is 1. The minimum atomic E-state index is 0.144. The second-order valence-corrected chi connectivity index (χ2v) is 6.76. The fourth-order valence-electron chi connectivity index (χ4n) is 3.62. The Kier molecular flexibility index (Phi) is 3.61. The lowest BCUT2D eigenvalue weighted by Crippen LogP contribution is -2.47. The molecule has 1 amide bonds. The smallest absolute Gasteiger partial charge is 0.240 e. The van der Waals surface area contributed by atoms with Crippen LogP contribution in [0.1, 0.15) is 25.7 Å². The van der Waals surface area contributed by atoms with E-state index in [1.54, 1.807) is 0 Å². The van der Waals surface area contributed by atoms with Gasteiger partial charge in [0.1, 0.15) is 0 Å². The highest BCUT2D eigenvalue weighted by Crippen LogP contribution is 2.38. The standard InChI is InChI=1S/C13H22N2OS/c16-13(15-5-2-7-17-8-6-15)12-11-4-1-3-10(11)9-14-12/h10-12,14H,1-9H2. The average molecular weight is 254 g/mol. The molecule has 4 heteroatoms. The van der Waals surface area contributed by atoms with E-state index < -0.39 is 0 Å². The summed E-state index contributed by atoms with van der Waals surface area (Å²) in [6, 6.07) is 0.144. The molecule has 3 unspecified atom stereocenters. The van der Waals surface area contributed by atoms with Gasteiger partial charge in [-0.05, 0) is 43.4 Å². The molecule has 17 heavy (non-hydrogen) atoms. The first-order chi connectivity index (χ1) is 8.36. The Bertz CT molecular complexity index is 289. The molecule has 3 nitrogen and oxygen atoms in total. The summed E-state index contributed by atoms with van der Waals surface area (Å²) in [5.41, 5.74) is 0. The zero-order chi connectivity index (χ0) is 11.7. The van der Waals surface area contributed by atoms with Crippen LogP contribution in [0, 0.1) is 11.8 Å². The quantitative estimate of drug-likeness (QED) is 0.766. The maximum atomic E-state index is 12.5. The number of fused-ring (bicyclic) bond motifs is 1. The first-order valence-electron chi connectivity index (χ1n) is 6.96. The van der Waals surface area contributed by atoms with Crippen LogP contribution in [0.15, 0.2) is 0 Å². The lowest BCUT2D eigenvalue weighted by atomic mass is 9.93. The lowest BCUT2D eigenvalue weighted by molar-refractivity contribution is -0.133. The number of thioether (sulfide) groups is 1. The van der Waals surface area contributed by atoms with E-state index >= 15 is 0 Å². The van der Waals surface area contributed by atoms with Crippen molar-refractivity contribution in [1.29, 1.82) is 0 Å². The van der Waals surface area contributed by atoms with Crippen molar-refractivity contribution < 1.29 is 4.79 Å². The monoisotopic (exact) mass is 254 g/mol. The molecule has 0 bridgehead atoms. The molecule has 1 aliphatic carbocycles. The molecule has 96 valence electrons. The number of carbonyl (C=O) groups excluding carboxylic acids is 1. The predicted octanol–water partition coefficient (Wildman–Crippen LogP) is 1.34. The molecule has 0 aromatic carbocycles. The molecule has 0 spiro atoms. The van der Waals surface area contributed by atoms with Crippen LogP contribution < -0.4 is 5.32 Å². The van der Waals surface area contributed by atoms with Crippen LogP contribution in [0.3, 0.4) is 0 Å². The predicted molar refractivity (Wildman–Crippen MR) is 71.1 cm³/mol. The Morgan fingerprint density at radius 3 is 3.06 bits per heavy atom. The molecule has 3 fully saturated rings. The van der Waals surface area contributed by atoms with E-state index in [4.69, 9.17) is 0 Å². The molecule has 2 heterocycles. The van der Waals surface area contributed by atoms with Crippen LogP contribution in [-0.2, 0) is 4.79 Å². The second-order valence-electron chi connectivity index (χ2n) is 5.53. The Labute approximate surface area is 108 Å². The van der Waals surface area contributed by atoms with Crippen molar-refractivity contribution in [2.45, 2.75) is 31.7 Å². The molecule has 1 N–H and O–H groups in total. The van der Waals surface area contributed by atoms with E-state index in [0.717, 1.165) is 37.7 Å². The first kappa shape index (κ1) is 11.8. The number of nitrogens with zero attached hydrogens (tertiary/aromatic N) is 1. The highest BCUT2D eigenvalue weighted by molar-refractivity contribution is 7.99. The highest BCUT2D eigenvalue weighted by Gasteiger charge is 2.43. The summed E-state index contributed by atoms with van der Waals surface area (Å²) >= 11 is 1.98. The van der Waals surface area contributed by atoms with Gasteiger partial charge in [0.05, 0.1) is 6.04 Å². The summed E-state index contributed by atoms with van der Waals surface area (Å²) in [5.74, 6) is 4.14. The Morgan fingerprint density at radius 1 is 1.18 bits per heavy atom. The normalized spacial score (nSPS) is 37.9. The van der Waals surface area contributed by atoms with Crippen molar-refractivity contribution >= 4 is 17.7 Å². The fourth-order valence-corrected chi connectivity index (χ4v) is 4.51. The van der Waals surface area contributed by atoms with Crippen molar-refractivity contribution in [2.75, 3.05) is 31.1 Å². The van der Waals surface area contributed by atoms with Crippen LogP contribution in [-0.4, -0.2) is 48.0 Å². The molecule has 2 aliphatic heterocycles. The third kappa shape index (κ3) is 2.34. The van der Waals surface area contributed by atoms with Crippen LogP contribution in [0.5, 0.6) is 0 Å². The first-order valence-corrected chi connectivity index (χ1v) is 8.11. The van der Waals surface area contributed by atoms with Gasteiger partial charge in [-0.1, -0.05) is 6.42 Å². The summed E-state index contributed by atoms with van der Waals surface area (Å²) < 4.78 is 0. The number of nitrogens with one attached hydrogen (secondary N) is 1. The third-order valence-electron chi connectivity index (χ3n) is 4.55. The summed E-state index contributed by atoms with van der Waals surface area (Å²) in [6.07, 6.45) is 5.09. The molecule has 1 saturated carbocycles. The Balaban J connectivity index is 1.64. The van der Waals surface area contributed by atoms with Crippen molar-refractivity contribution in [3.63, 3.8) is 0 Å². The van der Waals surface area contributed by atoms with Gasteiger partial charge in [-0.2, -0.15) is 11.8 Å². The molecule has 3 atom stereocenters. The molecule has 0 aromatic rings. The zero-order valence-electron chi connectivity index (χ0n) is 10.4. The Hall–Kier alpha value is -0.220. The van der Waals surface area contributed by atoms with E-state index in [1.165, 1.54) is 25.0 Å². The molecular formula is C13H22N2OS. The van der Waals surface area contributed by atoms with Crippen molar-refractivity contribution in [3.05, 3.63) is 0 Å². The van der Waals surface area contributed by atoms with Crippen LogP contribution in [0.4, 0.5) is 0 Å². The van der Waals surface area contributed by atoms with Gasteiger partial charge < -0.3 is 10.2 Å². The molecule has 2 saturated heterocycles. The SMILES string of the molecule is O=C(C1NCC2CCCC21)N1CCCSCC1. The number of carbonyl (C=O) groups is 1. The topological polar surface area (TPSA) is 32.3 Å². The number of hydrogen-bond donors (Lipinski definition) is 1. The lowest BCUT2D eigenvalue weighted by Gasteiger charge is -2.26. The molecule has 0 aromatic heterocycles. The van der Waals surface area contributed by atoms with Gasteiger partial charge in [0.2, 0.25) is 5.91 Å². The van der Waals surface area contributed by atoms with Crippen molar-refractivity contribution in [3.8, 4) is 0 Å². The second kappa shape index (κ2) is 5.19.